The summed E-state index contributed by atoms with van der Waals surface area (Å²) >= 11 is 5.86. The van der Waals surface area contributed by atoms with Crippen LogP contribution >= 0.6 is 11.6 Å². The van der Waals surface area contributed by atoms with Crippen molar-refractivity contribution in [1.29, 1.82) is 0 Å². The van der Waals surface area contributed by atoms with Crippen molar-refractivity contribution in [2.75, 3.05) is 6.54 Å². The van der Waals surface area contributed by atoms with Gasteiger partial charge in [-0.15, -0.1) is 0 Å². The van der Waals surface area contributed by atoms with Gasteiger partial charge in [0.2, 0.25) is 0 Å². The fourth-order valence-electron chi connectivity index (χ4n) is 3.13. The molecule has 1 aromatic rings. The fraction of sp³-hybridized carbons (Fsp3) is 0.533. The van der Waals surface area contributed by atoms with Gasteiger partial charge in [-0.2, -0.15) is 0 Å². The minimum absolute atomic E-state index is 0.343. The highest BCUT2D eigenvalue weighted by Gasteiger charge is 2.46. The zero-order valence-electron chi connectivity index (χ0n) is 11.5. The van der Waals surface area contributed by atoms with Crippen LogP contribution in [0.15, 0.2) is 18.2 Å². The van der Waals surface area contributed by atoms with E-state index in [-0.39, 0.29) is 5.82 Å². The fourth-order valence-corrected chi connectivity index (χ4v) is 3.38. The number of nitrogens with zero attached hydrogens (tertiary/aromatic N) is 1. The lowest BCUT2D eigenvalue weighted by Crippen LogP contribution is -2.49. The normalized spacial score (nSPS) is 23.1. The summed E-state index contributed by atoms with van der Waals surface area (Å²) in [6.45, 7) is 3.13. The first-order chi connectivity index (χ1) is 9.48. The highest BCUT2D eigenvalue weighted by molar-refractivity contribution is 6.30. The SMILES string of the molecule is CCCC1(C(=O)O)CCCN1Cc1cc(F)cc(Cl)c1. The van der Waals surface area contributed by atoms with Crippen molar-refractivity contribution in [1.82, 2.24) is 4.90 Å². The van der Waals surface area contributed by atoms with E-state index in [1.807, 2.05) is 11.8 Å². The Hall–Kier alpha value is -1.13. The first-order valence-electron chi connectivity index (χ1n) is 6.91. The molecule has 1 aliphatic heterocycles. The predicted octanol–water partition coefficient (Wildman–Crippen LogP) is 3.70. The molecule has 0 saturated carbocycles. The maximum Gasteiger partial charge on any atom is 0.324 e. The van der Waals surface area contributed by atoms with E-state index < -0.39 is 11.5 Å². The molecule has 1 aromatic carbocycles. The van der Waals surface area contributed by atoms with Gasteiger partial charge in [-0.1, -0.05) is 24.9 Å². The number of carboxylic acids is 1. The standard InChI is InChI=1S/C15H19ClFNO2/c1-2-4-15(14(19)20)5-3-6-18(15)10-11-7-12(16)9-13(17)8-11/h7-9H,2-6,10H2,1H3,(H,19,20). The second-order valence-corrected chi connectivity index (χ2v) is 5.83. The van der Waals surface area contributed by atoms with Gasteiger partial charge in [0, 0.05) is 11.6 Å². The molecule has 3 nitrogen and oxygen atoms in total. The molecule has 0 radical (unpaired) electrons. The summed E-state index contributed by atoms with van der Waals surface area (Å²) in [5.74, 6) is -1.16. The van der Waals surface area contributed by atoms with Gasteiger partial charge < -0.3 is 5.11 Å². The molecule has 1 atom stereocenters. The van der Waals surface area contributed by atoms with Gasteiger partial charge in [0.15, 0.2) is 0 Å². The Morgan fingerprint density at radius 1 is 1.50 bits per heavy atom. The highest BCUT2D eigenvalue weighted by atomic mass is 35.5. The smallest absolute Gasteiger partial charge is 0.324 e. The van der Waals surface area contributed by atoms with E-state index in [1.165, 1.54) is 12.1 Å². The molecule has 2 rings (SSSR count). The number of halogens is 2. The molecule has 0 amide bonds. The molecule has 1 unspecified atom stereocenters. The Bertz CT molecular complexity index is 488. The average Bonchev–Trinajstić information content (AvgIpc) is 2.72. The predicted molar refractivity (Wildman–Crippen MR) is 76.3 cm³/mol. The summed E-state index contributed by atoms with van der Waals surface area (Å²) in [5.41, 5.74) is -0.0910. The summed E-state index contributed by atoms with van der Waals surface area (Å²) in [6, 6.07) is 4.37. The van der Waals surface area contributed by atoms with Gasteiger partial charge >= 0.3 is 5.97 Å². The Morgan fingerprint density at radius 2 is 2.25 bits per heavy atom. The third-order valence-corrected chi connectivity index (χ3v) is 4.20. The lowest BCUT2D eigenvalue weighted by molar-refractivity contribution is -0.150. The summed E-state index contributed by atoms with van der Waals surface area (Å²) in [6.07, 6.45) is 2.94. The van der Waals surface area contributed by atoms with E-state index in [4.69, 9.17) is 11.6 Å². The van der Waals surface area contributed by atoms with Crippen LogP contribution in [0.25, 0.3) is 0 Å². The van der Waals surface area contributed by atoms with Crippen LogP contribution in [0.1, 0.15) is 38.2 Å². The molecule has 110 valence electrons. The monoisotopic (exact) mass is 299 g/mol. The van der Waals surface area contributed by atoms with Crippen molar-refractivity contribution >= 4 is 17.6 Å². The van der Waals surface area contributed by atoms with Crippen molar-refractivity contribution in [2.45, 2.75) is 44.7 Å². The van der Waals surface area contributed by atoms with Crippen molar-refractivity contribution < 1.29 is 14.3 Å². The van der Waals surface area contributed by atoms with E-state index in [0.29, 0.717) is 24.4 Å². The van der Waals surface area contributed by atoms with Gasteiger partial charge in [-0.25, -0.2) is 4.39 Å². The van der Waals surface area contributed by atoms with Crippen LogP contribution in [0.4, 0.5) is 4.39 Å². The second kappa shape index (κ2) is 6.10. The molecule has 1 saturated heterocycles. The Balaban J connectivity index is 2.24. The maximum atomic E-state index is 13.4. The molecule has 0 aliphatic carbocycles. The van der Waals surface area contributed by atoms with E-state index in [1.54, 1.807) is 6.07 Å². The van der Waals surface area contributed by atoms with Crippen LogP contribution in [-0.2, 0) is 11.3 Å². The van der Waals surface area contributed by atoms with E-state index in [9.17, 15) is 14.3 Å². The topological polar surface area (TPSA) is 40.5 Å². The highest BCUT2D eigenvalue weighted by Crippen LogP contribution is 2.35. The van der Waals surface area contributed by atoms with Gasteiger partial charge in [0.25, 0.3) is 0 Å². The minimum atomic E-state index is -0.812. The molecular formula is C15H19ClFNO2. The number of carboxylic acid groups (broad SMARTS) is 1. The molecule has 1 N–H and O–H groups in total. The number of rotatable bonds is 5. The maximum absolute atomic E-state index is 13.4. The second-order valence-electron chi connectivity index (χ2n) is 5.39. The van der Waals surface area contributed by atoms with Crippen molar-refractivity contribution in [3.8, 4) is 0 Å². The Labute approximate surface area is 123 Å². The van der Waals surface area contributed by atoms with Crippen LogP contribution in [0.2, 0.25) is 5.02 Å². The number of aliphatic carboxylic acids is 1. The van der Waals surface area contributed by atoms with Crippen molar-refractivity contribution in [3.05, 3.63) is 34.6 Å². The number of likely N-dealkylation sites (tertiary alicyclic amines) is 1. The molecule has 1 aliphatic rings. The molecule has 0 aromatic heterocycles. The molecule has 1 fully saturated rings. The van der Waals surface area contributed by atoms with Gasteiger partial charge in [-0.05, 0) is 49.6 Å². The molecule has 0 spiro atoms. The third-order valence-electron chi connectivity index (χ3n) is 3.98. The van der Waals surface area contributed by atoms with Crippen molar-refractivity contribution in [3.63, 3.8) is 0 Å². The van der Waals surface area contributed by atoms with E-state index >= 15 is 0 Å². The van der Waals surface area contributed by atoms with Crippen LogP contribution in [0.5, 0.6) is 0 Å². The lowest BCUT2D eigenvalue weighted by atomic mass is 9.90. The van der Waals surface area contributed by atoms with Crippen LogP contribution in [0.3, 0.4) is 0 Å². The van der Waals surface area contributed by atoms with Crippen LogP contribution < -0.4 is 0 Å². The summed E-state index contributed by atoms with van der Waals surface area (Å²) in [5, 5.41) is 9.95. The van der Waals surface area contributed by atoms with Crippen LogP contribution in [-0.4, -0.2) is 28.1 Å². The number of benzene rings is 1. The van der Waals surface area contributed by atoms with Gasteiger partial charge in [0.1, 0.15) is 11.4 Å². The summed E-state index contributed by atoms with van der Waals surface area (Å²) in [7, 11) is 0. The Morgan fingerprint density at radius 3 is 2.85 bits per heavy atom. The first-order valence-corrected chi connectivity index (χ1v) is 7.29. The summed E-state index contributed by atoms with van der Waals surface area (Å²) in [4.78, 5) is 13.7. The molecular weight excluding hydrogens is 281 g/mol. The quantitative estimate of drug-likeness (QED) is 0.901. The zero-order chi connectivity index (χ0) is 14.8. The Kier molecular flexibility index (Phi) is 4.66. The molecule has 0 bridgehead atoms. The minimum Gasteiger partial charge on any atom is -0.480 e. The number of hydrogen-bond donors (Lipinski definition) is 1. The number of hydrogen-bond acceptors (Lipinski definition) is 2. The number of carbonyl (C=O) groups is 1. The molecule has 5 heteroatoms. The van der Waals surface area contributed by atoms with Gasteiger partial charge in [0.05, 0.1) is 0 Å². The van der Waals surface area contributed by atoms with Crippen molar-refractivity contribution in [2.24, 2.45) is 0 Å². The average molecular weight is 300 g/mol. The largest absolute Gasteiger partial charge is 0.480 e. The zero-order valence-corrected chi connectivity index (χ0v) is 12.3. The third kappa shape index (κ3) is 2.96. The van der Waals surface area contributed by atoms with Gasteiger partial charge in [-0.3, -0.25) is 9.69 Å². The molecule has 20 heavy (non-hydrogen) atoms. The first kappa shape index (κ1) is 15.3. The van der Waals surface area contributed by atoms with E-state index in [0.717, 1.165) is 24.9 Å². The van der Waals surface area contributed by atoms with E-state index in [2.05, 4.69) is 0 Å². The lowest BCUT2D eigenvalue weighted by Gasteiger charge is -2.34. The molecule has 1 heterocycles. The summed E-state index contributed by atoms with van der Waals surface area (Å²) < 4.78 is 13.4. The van der Waals surface area contributed by atoms with Crippen LogP contribution in [0, 0.1) is 5.82 Å².